The van der Waals surface area contributed by atoms with E-state index in [2.05, 4.69) is 0 Å². The molecule has 126 valence electrons. The maximum Gasteiger partial charge on any atom is 0.328 e. The number of carbonyl (C=O) groups excluding carboxylic acids is 2. The number of nitrogens with zero attached hydrogens (tertiary/aromatic N) is 1. The summed E-state index contributed by atoms with van der Waals surface area (Å²) in [6, 6.07) is 3.21. The highest BCUT2D eigenvalue weighted by Crippen LogP contribution is 2.23. The molecule has 0 unspecified atom stereocenters. The standard InChI is InChI=1S/C17H23NO4S/c19-16(15-8-5-11-23-15)18-9-3-1-7-14(18)17(20)22-12-13-6-2-4-10-21-13/h5,8,11,13-14H,1-4,6-7,9-10,12H2/t13-,14+/m0/s1. The first-order valence-corrected chi connectivity index (χ1v) is 9.26. The Kier molecular flexibility index (Phi) is 5.67. The maximum absolute atomic E-state index is 12.6. The lowest BCUT2D eigenvalue weighted by atomic mass is 10.0. The summed E-state index contributed by atoms with van der Waals surface area (Å²) >= 11 is 1.41. The van der Waals surface area contributed by atoms with Crippen LogP contribution in [0.4, 0.5) is 0 Å². The van der Waals surface area contributed by atoms with Gasteiger partial charge in [0.2, 0.25) is 0 Å². The fraction of sp³-hybridized carbons (Fsp3) is 0.647. The molecule has 0 aromatic carbocycles. The van der Waals surface area contributed by atoms with Crippen molar-refractivity contribution in [1.82, 2.24) is 4.90 Å². The number of rotatable bonds is 4. The molecular weight excluding hydrogens is 314 g/mol. The monoisotopic (exact) mass is 337 g/mol. The van der Waals surface area contributed by atoms with Gasteiger partial charge in [0.05, 0.1) is 11.0 Å². The van der Waals surface area contributed by atoms with Gasteiger partial charge in [0.15, 0.2) is 0 Å². The van der Waals surface area contributed by atoms with Crippen LogP contribution in [0.2, 0.25) is 0 Å². The third-order valence-electron chi connectivity index (χ3n) is 4.45. The first-order chi connectivity index (χ1) is 11.3. The fourth-order valence-corrected chi connectivity index (χ4v) is 3.85. The minimum Gasteiger partial charge on any atom is -0.461 e. The van der Waals surface area contributed by atoms with Gasteiger partial charge < -0.3 is 14.4 Å². The molecule has 1 aromatic rings. The second-order valence-electron chi connectivity index (χ2n) is 6.11. The van der Waals surface area contributed by atoms with Crippen LogP contribution in [0.15, 0.2) is 17.5 Å². The van der Waals surface area contributed by atoms with Crippen molar-refractivity contribution < 1.29 is 19.1 Å². The van der Waals surface area contributed by atoms with E-state index in [1.165, 1.54) is 11.3 Å². The van der Waals surface area contributed by atoms with Gasteiger partial charge >= 0.3 is 5.97 Å². The van der Waals surface area contributed by atoms with Crippen molar-refractivity contribution in [2.75, 3.05) is 19.8 Å². The van der Waals surface area contributed by atoms with Gasteiger partial charge in [-0.3, -0.25) is 4.79 Å². The van der Waals surface area contributed by atoms with Gasteiger partial charge in [-0.05, 0) is 50.0 Å². The molecule has 0 spiro atoms. The average Bonchev–Trinajstić information content (AvgIpc) is 3.14. The van der Waals surface area contributed by atoms with Crippen molar-refractivity contribution in [3.8, 4) is 0 Å². The second kappa shape index (κ2) is 7.93. The van der Waals surface area contributed by atoms with Crippen molar-refractivity contribution in [2.24, 2.45) is 0 Å². The zero-order valence-electron chi connectivity index (χ0n) is 13.2. The molecule has 0 aliphatic carbocycles. The Morgan fingerprint density at radius 1 is 1.26 bits per heavy atom. The molecule has 0 radical (unpaired) electrons. The molecule has 3 rings (SSSR count). The van der Waals surface area contributed by atoms with Crippen LogP contribution in [0, 0.1) is 0 Å². The average molecular weight is 337 g/mol. The molecule has 0 saturated carbocycles. The number of hydrogen-bond donors (Lipinski definition) is 0. The van der Waals surface area contributed by atoms with Crippen LogP contribution in [0.1, 0.15) is 48.2 Å². The van der Waals surface area contributed by atoms with E-state index in [-0.39, 0.29) is 18.0 Å². The van der Waals surface area contributed by atoms with Crippen LogP contribution in [0.3, 0.4) is 0 Å². The zero-order chi connectivity index (χ0) is 16.1. The van der Waals surface area contributed by atoms with Gasteiger partial charge in [0.1, 0.15) is 12.6 Å². The minimum atomic E-state index is -0.457. The van der Waals surface area contributed by atoms with Crippen LogP contribution in [-0.4, -0.2) is 48.7 Å². The number of esters is 1. The van der Waals surface area contributed by atoms with Gasteiger partial charge in [-0.15, -0.1) is 11.3 Å². The summed E-state index contributed by atoms with van der Waals surface area (Å²) < 4.78 is 11.1. The van der Waals surface area contributed by atoms with Crippen molar-refractivity contribution in [3.05, 3.63) is 22.4 Å². The molecule has 6 heteroatoms. The van der Waals surface area contributed by atoms with Crippen LogP contribution >= 0.6 is 11.3 Å². The van der Waals surface area contributed by atoms with E-state index >= 15 is 0 Å². The molecular formula is C17H23NO4S. The van der Waals surface area contributed by atoms with Gasteiger partial charge in [-0.25, -0.2) is 4.79 Å². The predicted octanol–water partition coefficient (Wildman–Crippen LogP) is 2.86. The number of hydrogen-bond acceptors (Lipinski definition) is 5. The van der Waals surface area contributed by atoms with Gasteiger partial charge in [0, 0.05) is 13.2 Å². The summed E-state index contributed by atoms with van der Waals surface area (Å²) in [5, 5.41) is 1.88. The van der Waals surface area contributed by atoms with Crippen LogP contribution in [0.25, 0.3) is 0 Å². The van der Waals surface area contributed by atoms with E-state index in [0.29, 0.717) is 24.4 Å². The number of piperidine rings is 1. The smallest absolute Gasteiger partial charge is 0.328 e. The predicted molar refractivity (Wildman–Crippen MR) is 87.5 cm³/mol. The van der Waals surface area contributed by atoms with E-state index in [9.17, 15) is 9.59 Å². The fourth-order valence-electron chi connectivity index (χ4n) is 3.17. The Balaban J connectivity index is 1.58. The molecule has 0 N–H and O–H groups in total. The molecule has 2 fully saturated rings. The highest BCUT2D eigenvalue weighted by atomic mass is 32.1. The van der Waals surface area contributed by atoms with Crippen LogP contribution < -0.4 is 0 Å². The lowest BCUT2D eigenvalue weighted by Gasteiger charge is -2.34. The highest BCUT2D eigenvalue weighted by Gasteiger charge is 2.34. The summed E-state index contributed by atoms with van der Waals surface area (Å²) in [6.45, 7) is 1.67. The number of likely N-dealkylation sites (tertiary alicyclic amines) is 1. The zero-order valence-corrected chi connectivity index (χ0v) is 14.1. The van der Waals surface area contributed by atoms with E-state index in [1.54, 1.807) is 11.0 Å². The lowest BCUT2D eigenvalue weighted by Crippen LogP contribution is -2.49. The first kappa shape index (κ1) is 16.5. The molecule has 2 saturated heterocycles. The second-order valence-corrected chi connectivity index (χ2v) is 7.05. The molecule has 1 aromatic heterocycles. The summed E-state index contributed by atoms with van der Waals surface area (Å²) in [4.78, 5) is 27.4. The SMILES string of the molecule is O=C(OC[C@@H]1CCCCO1)[C@H]1CCCCN1C(=O)c1cccs1. The molecule has 2 atom stereocenters. The number of ether oxygens (including phenoxy) is 2. The summed E-state index contributed by atoms with van der Waals surface area (Å²) in [5.41, 5.74) is 0. The quantitative estimate of drug-likeness (QED) is 0.793. The third kappa shape index (κ3) is 4.12. The van der Waals surface area contributed by atoms with E-state index in [1.807, 2.05) is 11.4 Å². The summed E-state index contributed by atoms with van der Waals surface area (Å²) in [5.74, 6) is -0.348. The van der Waals surface area contributed by atoms with E-state index in [0.717, 1.165) is 38.7 Å². The van der Waals surface area contributed by atoms with Gasteiger partial charge in [0.25, 0.3) is 5.91 Å². The molecule has 3 heterocycles. The molecule has 5 nitrogen and oxygen atoms in total. The van der Waals surface area contributed by atoms with Crippen molar-refractivity contribution in [1.29, 1.82) is 0 Å². The molecule has 2 aliphatic rings. The van der Waals surface area contributed by atoms with Crippen LogP contribution in [0.5, 0.6) is 0 Å². The molecule has 0 bridgehead atoms. The topological polar surface area (TPSA) is 55.8 Å². The normalized spacial score (nSPS) is 25.1. The molecule has 1 amide bonds. The summed E-state index contributed by atoms with van der Waals surface area (Å²) in [7, 11) is 0. The van der Waals surface area contributed by atoms with E-state index in [4.69, 9.17) is 9.47 Å². The maximum atomic E-state index is 12.6. The van der Waals surface area contributed by atoms with Crippen molar-refractivity contribution in [3.63, 3.8) is 0 Å². The van der Waals surface area contributed by atoms with Crippen molar-refractivity contribution in [2.45, 2.75) is 50.7 Å². The third-order valence-corrected chi connectivity index (χ3v) is 5.31. The number of thiophene rings is 1. The Labute approximate surface area is 140 Å². The number of carbonyl (C=O) groups is 2. The Morgan fingerprint density at radius 3 is 2.87 bits per heavy atom. The molecule has 2 aliphatic heterocycles. The van der Waals surface area contributed by atoms with Crippen LogP contribution in [-0.2, 0) is 14.3 Å². The van der Waals surface area contributed by atoms with E-state index < -0.39 is 6.04 Å². The summed E-state index contributed by atoms with van der Waals surface area (Å²) in [6.07, 6.45) is 5.72. The van der Waals surface area contributed by atoms with Gasteiger partial charge in [-0.1, -0.05) is 6.07 Å². The molecule has 23 heavy (non-hydrogen) atoms. The minimum absolute atomic E-state index is 0.0118. The largest absolute Gasteiger partial charge is 0.461 e. The number of amides is 1. The highest BCUT2D eigenvalue weighted by molar-refractivity contribution is 7.12. The lowest BCUT2D eigenvalue weighted by molar-refractivity contribution is -0.155. The Hall–Kier alpha value is -1.40. The Morgan fingerprint density at radius 2 is 2.13 bits per heavy atom. The van der Waals surface area contributed by atoms with Gasteiger partial charge in [-0.2, -0.15) is 0 Å². The first-order valence-electron chi connectivity index (χ1n) is 8.38. The van der Waals surface area contributed by atoms with Crippen molar-refractivity contribution >= 4 is 23.2 Å². The Bertz CT molecular complexity index is 525.